The van der Waals surface area contributed by atoms with Crippen LogP contribution in [0.4, 0.5) is 0 Å². The average molecular weight is 278 g/mol. The molecule has 1 aromatic rings. The Balaban J connectivity index is 1.85. The number of nitrogens with zero attached hydrogens (tertiary/aromatic N) is 1. The molecular weight excluding hydrogens is 252 g/mol. The number of thiazole rings is 1. The topological polar surface area (TPSA) is 24.9 Å². The number of aromatic nitrogens is 1. The van der Waals surface area contributed by atoms with Gasteiger partial charge in [0, 0.05) is 22.8 Å². The molecule has 1 saturated heterocycles. The lowest BCUT2D eigenvalue weighted by Gasteiger charge is -2.39. The highest BCUT2D eigenvalue weighted by Crippen LogP contribution is 2.47. The Labute approximate surface area is 121 Å². The van der Waals surface area contributed by atoms with Gasteiger partial charge in [0.2, 0.25) is 0 Å². The molecule has 0 saturated carbocycles. The van der Waals surface area contributed by atoms with E-state index in [0.717, 1.165) is 12.8 Å². The average Bonchev–Trinajstić information content (AvgIpc) is 2.85. The van der Waals surface area contributed by atoms with Crippen molar-refractivity contribution in [1.82, 2.24) is 10.3 Å². The lowest BCUT2D eigenvalue weighted by Crippen LogP contribution is -2.33. The zero-order valence-electron chi connectivity index (χ0n) is 12.7. The minimum Gasteiger partial charge on any atom is -0.314 e. The van der Waals surface area contributed by atoms with Gasteiger partial charge >= 0.3 is 0 Å². The maximum atomic E-state index is 4.98. The Morgan fingerprint density at radius 1 is 1.32 bits per heavy atom. The van der Waals surface area contributed by atoms with Gasteiger partial charge in [0.05, 0.1) is 10.7 Å². The van der Waals surface area contributed by atoms with Gasteiger partial charge in [-0.1, -0.05) is 27.7 Å². The first-order chi connectivity index (χ1) is 8.86. The third-order valence-corrected chi connectivity index (χ3v) is 5.99. The number of nitrogens with one attached hydrogen (secondary N) is 1. The predicted octanol–water partition coefficient (Wildman–Crippen LogP) is 3.69. The van der Waals surface area contributed by atoms with E-state index < -0.39 is 0 Å². The molecule has 1 aliphatic carbocycles. The molecule has 1 atom stereocenters. The van der Waals surface area contributed by atoms with Gasteiger partial charge in [-0.3, -0.25) is 0 Å². The molecule has 1 aliphatic heterocycles. The van der Waals surface area contributed by atoms with Crippen LogP contribution in [0.3, 0.4) is 0 Å². The fourth-order valence-electron chi connectivity index (χ4n) is 4.07. The lowest BCUT2D eigenvalue weighted by molar-refractivity contribution is 0.232. The van der Waals surface area contributed by atoms with Crippen LogP contribution in [0, 0.1) is 5.41 Å². The summed E-state index contributed by atoms with van der Waals surface area (Å²) >= 11 is 1.98. The Morgan fingerprint density at radius 2 is 2.11 bits per heavy atom. The van der Waals surface area contributed by atoms with Gasteiger partial charge in [-0.15, -0.1) is 11.3 Å². The van der Waals surface area contributed by atoms with Crippen LogP contribution in [0.5, 0.6) is 0 Å². The van der Waals surface area contributed by atoms with Crippen molar-refractivity contribution in [2.24, 2.45) is 5.41 Å². The second-order valence-electron chi connectivity index (χ2n) is 7.78. The molecule has 0 bridgehead atoms. The molecule has 1 aromatic heterocycles. The molecule has 1 fully saturated rings. The van der Waals surface area contributed by atoms with E-state index in [0.29, 0.717) is 16.9 Å². The Kier molecular flexibility index (Phi) is 3.25. The van der Waals surface area contributed by atoms with E-state index in [9.17, 15) is 0 Å². The van der Waals surface area contributed by atoms with E-state index in [4.69, 9.17) is 4.98 Å². The molecular formula is C16H26N2S. The van der Waals surface area contributed by atoms with Crippen molar-refractivity contribution in [3.63, 3.8) is 0 Å². The summed E-state index contributed by atoms with van der Waals surface area (Å²) in [6.07, 6.45) is 6.21. The largest absolute Gasteiger partial charge is 0.314 e. The van der Waals surface area contributed by atoms with Crippen LogP contribution >= 0.6 is 11.3 Å². The van der Waals surface area contributed by atoms with Crippen molar-refractivity contribution in [2.45, 2.75) is 71.3 Å². The highest BCUT2D eigenvalue weighted by Gasteiger charge is 2.40. The molecule has 106 valence electrons. The van der Waals surface area contributed by atoms with Gasteiger partial charge in [-0.25, -0.2) is 4.98 Å². The van der Waals surface area contributed by atoms with E-state index >= 15 is 0 Å². The van der Waals surface area contributed by atoms with Crippen LogP contribution in [0.25, 0.3) is 0 Å². The Morgan fingerprint density at radius 3 is 2.79 bits per heavy atom. The third kappa shape index (κ3) is 2.73. The van der Waals surface area contributed by atoms with Crippen LogP contribution in [-0.2, 0) is 18.3 Å². The van der Waals surface area contributed by atoms with Gasteiger partial charge in [-0.2, -0.15) is 0 Å². The molecule has 0 spiro atoms. The van der Waals surface area contributed by atoms with Gasteiger partial charge in [0.25, 0.3) is 0 Å². The zero-order valence-corrected chi connectivity index (χ0v) is 13.5. The van der Waals surface area contributed by atoms with Crippen molar-refractivity contribution in [1.29, 1.82) is 0 Å². The number of rotatable bonds is 2. The van der Waals surface area contributed by atoms with Gasteiger partial charge in [0.1, 0.15) is 0 Å². The van der Waals surface area contributed by atoms with Crippen LogP contribution < -0.4 is 5.32 Å². The monoisotopic (exact) mass is 278 g/mol. The molecule has 1 N–H and O–H groups in total. The van der Waals surface area contributed by atoms with E-state index in [1.165, 1.54) is 36.5 Å². The minimum atomic E-state index is 0.302. The van der Waals surface area contributed by atoms with Gasteiger partial charge in [-0.05, 0) is 37.6 Å². The van der Waals surface area contributed by atoms with Crippen LogP contribution in [0.1, 0.15) is 62.5 Å². The molecule has 0 amide bonds. The fraction of sp³-hybridized carbons (Fsp3) is 0.812. The highest BCUT2D eigenvalue weighted by atomic mass is 32.1. The second-order valence-corrected chi connectivity index (χ2v) is 8.87. The van der Waals surface area contributed by atoms with Gasteiger partial charge < -0.3 is 5.32 Å². The molecule has 19 heavy (non-hydrogen) atoms. The SMILES string of the molecule is CC1(C)Cc2nc(CC3CCCN3)sc2C(C)(C)C1. The lowest BCUT2D eigenvalue weighted by atomic mass is 9.67. The summed E-state index contributed by atoms with van der Waals surface area (Å²) in [7, 11) is 0. The minimum absolute atomic E-state index is 0.302. The standard InChI is InChI=1S/C16H26N2S/c1-15(2)9-12-14(16(3,4)10-15)19-13(18-12)8-11-6-5-7-17-11/h11,17H,5-10H2,1-4H3. The summed E-state index contributed by atoms with van der Waals surface area (Å²) in [5.41, 5.74) is 2.09. The summed E-state index contributed by atoms with van der Waals surface area (Å²) in [6, 6.07) is 0.670. The first-order valence-electron chi connectivity index (χ1n) is 7.58. The summed E-state index contributed by atoms with van der Waals surface area (Å²) in [4.78, 5) is 6.54. The molecule has 2 nitrogen and oxygen atoms in total. The van der Waals surface area contributed by atoms with Crippen molar-refractivity contribution in [3.8, 4) is 0 Å². The second kappa shape index (κ2) is 4.56. The Bertz CT molecular complexity index is 467. The summed E-state index contributed by atoms with van der Waals surface area (Å²) in [6.45, 7) is 10.7. The maximum Gasteiger partial charge on any atom is 0.0946 e. The van der Waals surface area contributed by atoms with E-state index in [1.807, 2.05) is 11.3 Å². The molecule has 2 heterocycles. The Hall–Kier alpha value is -0.410. The first kappa shape index (κ1) is 13.6. The predicted molar refractivity (Wildman–Crippen MR) is 82.0 cm³/mol. The summed E-state index contributed by atoms with van der Waals surface area (Å²) in [5, 5.41) is 4.95. The normalized spacial score (nSPS) is 28.3. The van der Waals surface area contributed by atoms with Crippen LogP contribution in [-0.4, -0.2) is 17.6 Å². The number of hydrogen-bond donors (Lipinski definition) is 1. The van der Waals surface area contributed by atoms with E-state index in [2.05, 4.69) is 33.0 Å². The van der Waals surface area contributed by atoms with Crippen LogP contribution in [0.15, 0.2) is 0 Å². The smallest absolute Gasteiger partial charge is 0.0946 e. The fourth-order valence-corrected chi connectivity index (χ4v) is 5.33. The summed E-state index contributed by atoms with van der Waals surface area (Å²) in [5.74, 6) is 0. The van der Waals surface area contributed by atoms with E-state index in [-0.39, 0.29) is 0 Å². The van der Waals surface area contributed by atoms with Crippen molar-refractivity contribution in [3.05, 3.63) is 15.6 Å². The van der Waals surface area contributed by atoms with Crippen LogP contribution in [0.2, 0.25) is 0 Å². The summed E-state index contributed by atoms with van der Waals surface area (Å²) < 4.78 is 0. The zero-order chi connectivity index (χ0) is 13.7. The number of fused-ring (bicyclic) bond motifs is 1. The van der Waals surface area contributed by atoms with Crippen molar-refractivity contribution in [2.75, 3.05) is 6.54 Å². The maximum absolute atomic E-state index is 4.98. The molecule has 2 aliphatic rings. The van der Waals surface area contributed by atoms with Crippen molar-refractivity contribution >= 4 is 11.3 Å². The third-order valence-electron chi connectivity index (χ3n) is 4.51. The highest BCUT2D eigenvalue weighted by molar-refractivity contribution is 7.12. The quantitative estimate of drug-likeness (QED) is 0.892. The van der Waals surface area contributed by atoms with E-state index in [1.54, 1.807) is 4.88 Å². The molecule has 3 rings (SSSR count). The molecule has 0 radical (unpaired) electrons. The molecule has 1 unspecified atom stereocenters. The molecule has 0 aromatic carbocycles. The number of hydrogen-bond acceptors (Lipinski definition) is 3. The van der Waals surface area contributed by atoms with Crippen molar-refractivity contribution < 1.29 is 0 Å². The molecule has 3 heteroatoms. The van der Waals surface area contributed by atoms with Gasteiger partial charge in [0.15, 0.2) is 0 Å². The first-order valence-corrected chi connectivity index (χ1v) is 8.40.